The van der Waals surface area contributed by atoms with E-state index in [0.717, 1.165) is 4.90 Å². The molecule has 20 heavy (non-hydrogen) atoms. The van der Waals surface area contributed by atoms with Crippen LogP contribution in [-0.4, -0.2) is 40.1 Å². The summed E-state index contributed by atoms with van der Waals surface area (Å²) in [4.78, 5) is 23.7. The number of hydrogen-bond donors (Lipinski definition) is 1. The van der Waals surface area contributed by atoms with Crippen molar-refractivity contribution in [1.29, 1.82) is 0 Å². The maximum absolute atomic E-state index is 12.1. The van der Waals surface area contributed by atoms with Gasteiger partial charge in [-0.1, -0.05) is 11.1 Å². The SMILES string of the molecule is C#CCN(CC(=O)O)C(=O)c1cc(-c2ccco2)on1. The molecule has 0 aliphatic heterocycles. The van der Waals surface area contributed by atoms with Crippen molar-refractivity contribution < 1.29 is 23.6 Å². The molecule has 0 unspecified atom stereocenters. The molecule has 0 radical (unpaired) electrons. The van der Waals surface area contributed by atoms with E-state index in [1.807, 2.05) is 0 Å². The fourth-order valence-electron chi connectivity index (χ4n) is 1.55. The number of aliphatic carboxylic acids is 1. The van der Waals surface area contributed by atoms with Crippen LogP contribution in [0.15, 0.2) is 33.4 Å². The molecule has 2 rings (SSSR count). The van der Waals surface area contributed by atoms with Crippen molar-refractivity contribution in [1.82, 2.24) is 10.1 Å². The zero-order valence-electron chi connectivity index (χ0n) is 10.3. The highest BCUT2D eigenvalue weighted by atomic mass is 16.5. The van der Waals surface area contributed by atoms with Crippen LogP contribution in [0.3, 0.4) is 0 Å². The minimum absolute atomic E-state index is 0.0344. The van der Waals surface area contributed by atoms with Gasteiger partial charge in [0.05, 0.1) is 12.8 Å². The van der Waals surface area contributed by atoms with Crippen LogP contribution in [-0.2, 0) is 4.79 Å². The zero-order valence-corrected chi connectivity index (χ0v) is 10.3. The monoisotopic (exact) mass is 274 g/mol. The van der Waals surface area contributed by atoms with E-state index >= 15 is 0 Å². The number of nitrogens with zero attached hydrogens (tertiary/aromatic N) is 2. The Balaban J connectivity index is 2.19. The number of aromatic nitrogens is 1. The van der Waals surface area contributed by atoms with Gasteiger partial charge in [0.25, 0.3) is 5.91 Å². The molecule has 2 aromatic heterocycles. The summed E-state index contributed by atoms with van der Waals surface area (Å²) >= 11 is 0. The van der Waals surface area contributed by atoms with Gasteiger partial charge in [-0.05, 0) is 12.1 Å². The zero-order chi connectivity index (χ0) is 14.5. The molecule has 1 amide bonds. The van der Waals surface area contributed by atoms with Gasteiger partial charge in [-0.3, -0.25) is 9.59 Å². The Morgan fingerprint density at radius 1 is 1.45 bits per heavy atom. The van der Waals surface area contributed by atoms with Gasteiger partial charge in [-0.2, -0.15) is 0 Å². The van der Waals surface area contributed by atoms with Crippen molar-refractivity contribution in [2.75, 3.05) is 13.1 Å². The van der Waals surface area contributed by atoms with Gasteiger partial charge < -0.3 is 18.9 Å². The molecular formula is C13H10N2O5. The molecule has 0 spiro atoms. The van der Waals surface area contributed by atoms with Gasteiger partial charge in [0.2, 0.25) is 5.76 Å². The molecule has 0 aliphatic carbocycles. The van der Waals surface area contributed by atoms with E-state index in [9.17, 15) is 9.59 Å². The summed E-state index contributed by atoms with van der Waals surface area (Å²) < 4.78 is 10.1. The summed E-state index contributed by atoms with van der Waals surface area (Å²) in [5.41, 5.74) is -0.0344. The first-order valence-electron chi connectivity index (χ1n) is 5.57. The van der Waals surface area contributed by atoms with Gasteiger partial charge in [-0.15, -0.1) is 6.42 Å². The molecule has 0 saturated heterocycles. The predicted molar refractivity (Wildman–Crippen MR) is 66.6 cm³/mol. The second-order valence-electron chi connectivity index (χ2n) is 3.81. The Morgan fingerprint density at radius 2 is 2.25 bits per heavy atom. The first-order valence-corrected chi connectivity index (χ1v) is 5.57. The van der Waals surface area contributed by atoms with Crippen molar-refractivity contribution in [3.05, 3.63) is 30.2 Å². The Bertz CT molecular complexity index is 651. The van der Waals surface area contributed by atoms with Gasteiger partial charge in [0.1, 0.15) is 6.54 Å². The lowest BCUT2D eigenvalue weighted by Crippen LogP contribution is -2.36. The number of hydrogen-bond acceptors (Lipinski definition) is 5. The van der Waals surface area contributed by atoms with E-state index in [1.165, 1.54) is 12.3 Å². The van der Waals surface area contributed by atoms with E-state index in [-0.39, 0.29) is 18.0 Å². The third kappa shape index (κ3) is 2.87. The lowest BCUT2D eigenvalue weighted by molar-refractivity contribution is -0.137. The maximum atomic E-state index is 12.1. The van der Waals surface area contributed by atoms with Crippen LogP contribution in [0.1, 0.15) is 10.5 Å². The van der Waals surface area contributed by atoms with Crippen LogP contribution in [0, 0.1) is 12.3 Å². The summed E-state index contributed by atoms with van der Waals surface area (Å²) in [5, 5.41) is 12.3. The van der Waals surface area contributed by atoms with Gasteiger partial charge in [0, 0.05) is 6.07 Å². The molecule has 2 aromatic rings. The summed E-state index contributed by atoms with van der Waals surface area (Å²) in [6.45, 7) is -0.639. The fourth-order valence-corrected chi connectivity index (χ4v) is 1.55. The normalized spacial score (nSPS) is 9.95. The molecule has 2 heterocycles. The van der Waals surface area contributed by atoms with Crippen LogP contribution in [0.5, 0.6) is 0 Å². The van der Waals surface area contributed by atoms with E-state index in [1.54, 1.807) is 12.1 Å². The second kappa shape index (κ2) is 5.75. The molecule has 0 aliphatic rings. The van der Waals surface area contributed by atoms with Crippen LogP contribution in [0.4, 0.5) is 0 Å². The highest BCUT2D eigenvalue weighted by Crippen LogP contribution is 2.21. The van der Waals surface area contributed by atoms with Gasteiger partial charge in [-0.25, -0.2) is 0 Å². The molecule has 0 atom stereocenters. The van der Waals surface area contributed by atoms with Crippen molar-refractivity contribution >= 4 is 11.9 Å². The molecule has 0 fully saturated rings. The molecule has 0 bridgehead atoms. The average Bonchev–Trinajstić information content (AvgIpc) is 3.07. The molecule has 102 valence electrons. The summed E-state index contributed by atoms with van der Waals surface area (Å²) in [6.07, 6.45) is 6.56. The first-order chi connectivity index (χ1) is 9.61. The van der Waals surface area contributed by atoms with Crippen LogP contribution < -0.4 is 0 Å². The molecule has 1 N–H and O–H groups in total. The summed E-state index contributed by atoms with van der Waals surface area (Å²) in [6, 6.07) is 4.67. The highest BCUT2D eigenvalue weighted by Gasteiger charge is 2.22. The number of carbonyl (C=O) groups excluding carboxylic acids is 1. The summed E-state index contributed by atoms with van der Waals surface area (Å²) in [7, 11) is 0. The fraction of sp³-hybridized carbons (Fsp3) is 0.154. The second-order valence-corrected chi connectivity index (χ2v) is 3.81. The van der Waals surface area contributed by atoms with Gasteiger partial charge in [0.15, 0.2) is 11.5 Å². The van der Waals surface area contributed by atoms with Crippen molar-refractivity contribution in [2.24, 2.45) is 0 Å². The lowest BCUT2D eigenvalue weighted by Gasteiger charge is -2.15. The maximum Gasteiger partial charge on any atom is 0.323 e. The number of carbonyl (C=O) groups is 2. The molecular weight excluding hydrogens is 264 g/mol. The molecule has 7 nitrogen and oxygen atoms in total. The Labute approximate surface area is 113 Å². The van der Waals surface area contributed by atoms with Gasteiger partial charge >= 0.3 is 5.97 Å². The topological polar surface area (TPSA) is 96.8 Å². The average molecular weight is 274 g/mol. The number of furan rings is 1. The van der Waals surface area contributed by atoms with Crippen molar-refractivity contribution in [3.8, 4) is 23.9 Å². The third-order valence-electron chi connectivity index (χ3n) is 2.39. The van der Waals surface area contributed by atoms with Crippen molar-refractivity contribution in [3.63, 3.8) is 0 Å². The summed E-state index contributed by atoms with van der Waals surface area (Å²) in [5.74, 6) is 1.13. The smallest absolute Gasteiger partial charge is 0.323 e. The van der Waals surface area contributed by atoms with Crippen LogP contribution in [0.2, 0.25) is 0 Å². The minimum Gasteiger partial charge on any atom is -0.480 e. The predicted octanol–water partition coefficient (Wildman–Crippen LogP) is 1.09. The number of amides is 1. The van der Waals surface area contributed by atoms with E-state index in [0.29, 0.717) is 5.76 Å². The van der Waals surface area contributed by atoms with E-state index in [2.05, 4.69) is 11.1 Å². The van der Waals surface area contributed by atoms with E-state index < -0.39 is 18.4 Å². The number of carboxylic acids is 1. The standard InChI is InChI=1S/C13H10N2O5/c1-2-5-15(8-12(16)17)13(18)9-7-11(20-14-9)10-4-3-6-19-10/h1,3-4,6-7H,5,8H2,(H,16,17). The molecule has 0 saturated carbocycles. The largest absolute Gasteiger partial charge is 0.480 e. The lowest BCUT2D eigenvalue weighted by atomic mass is 10.3. The Kier molecular flexibility index (Phi) is 3.86. The Hall–Kier alpha value is -3.01. The van der Waals surface area contributed by atoms with Crippen LogP contribution in [0.25, 0.3) is 11.5 Å². The number of carboxylic acid groups (broad SMARTS) is 1. The van der Waals surface area contributed by atoms with E-state index in [4.69, 9.17) is 20.5 Å². The highest BCUT2D eigenvalue weighted by molar-refractivity contribution is 5.94. The number of rotatable bonds is 5. The molecule has 0 aromatic carbocycles. The quantitative estimate of drug-likeness (QED) is 0.820. The molecule has 7 heteroatoms. The minimum atomic E-state index is -1.16. The first kappa shape index (κ1) is 13.4. The number of terminal acetylenes is 1. The Morgan fingerprint density at radius 3 is 2.85 bits per heavy atom. The van der Waals surface area contributed by atoms with Crippen LogP contribution >= 0.6 is 0 Å². The third-order valence-corrected chi connectivity index (χ3v) is 2.39. The van der Waals surface area contributed by atoms with Crippen molar-refractivity contribution in [2.45, 2.75) is 0 Å².